The van der Waals surface area contributed by atoms with Crippen LogP contribution in [0.5, 0.6) is 0 Å². The fourth-order valence-electron chi connectivity index (χ4n) is 1.24. The van der Waals surface area contributed by atoms with E-state index in [1.165, 1.54) is 0 Å². The van der Waals surface area contributed by atoms with Gasteiger partial charge in [-0.3, -0.25) is 4.79 Å². The van der Waals surface area contributed by atoms with Gasteiger partial charge >= 0.3 is 5.97 Å². The summed E-state index contributed by atoms with van der Waals surface area (Å²) in [5.74, 6) is -1.04. The van der Waals surface area contributed by atoms with Gasteiger partial charge in [0.1, 0.15) is 0 Å². The third-order valence-corrected chi connectivity index (χ3v) is 2.34. The normalized spacial score (nSPS) is 15.1. The van der Waals surface area contributed by atoms with E-state index in [0.717, 1.165) is 25.9 Å². The Bertz CT molecular complexity index is 157. The first-order valence-corrected chi connectivity index (χ1v) is 5.46. The number of ether oxygens (including phenoxy) is 1. The van der Waals surface area contributed by atoms with E-state index in [1.807, 2.05) is 6.92 Å². The molecule has 0 aromatic carbocycles. The molecule has 14 heavy (non-hydrogen) atoms. The molecule has 0 aliphatic carbocycles. The van der Waals surface area contributed by atoms with Crippen LogP contribution in [0.2, 0.25) is 0 Å². The van der Waals surface area contributed by atoms with E-state index in [4.69, 9.17) is 9.84 Å². The maximum absolute atomic E-state index is 10.6. The second-order valence-corrected chi connectivity index (χ2v) is 3.73. The molecule has 0 saturated heterocycles. The van der Waals surface area contributed by atoms with E-state index in [9.17, 15) is 4.79 Å². The van der Waals surface area contributed by atoms with Gasteiger partial charge in [-0.2, -0.15) is 0 Å². The van der Waals surface area contributed by atoms with Crippen molar-refractivity contribution in [3.05, 3.63) is 0 Å². The minimum absolute atomic E-state index is 0.104. The maximum Gasteiger partial charge on any atom is 0.306 e. The molecule has 0 aliphatic heterocycles. The zero-order chi connectivity index (χ0) is 11.0. The fraction of sp³-hybridized carbons (Fsp3) is 0.909. The van der Waals surface area contributed by atoms with Crippen molar-refractivity contribution < 1.29 is 14.6 Å². The monoisotopic (exact) mass is 202 g/mol. The molecule has 0 rings (SSSR count). The molecule has 0 aromatic heterocycles. The van der Waals surface area contributed by atoms with Crippen LogP contribution in [0.1, 0.15) is 46.5 Å². The zero-order valence-corrected chi connectivity index (χ0v) is 9.45. The van der Waals surface area contributed by atoms with Crippen molar-refractivity contribution >= 4 is 5.97 Å². The Morgan fingerprint density at radius 1 is 1.43 bits per heavy atom. The predicted molar refractivity (Wildman–Crippen MR) is 56.4 cm³/mol. The second-order valence-electron chi connectivity index (χ2n) is 3.73. The lowest BCUT2D eigenvalue weighted by Crippen LogP contribution is -2.20. The summed E-state index contributed by atoms with van der Waals surface area (Å²) in [6.45, 7) is 6.63. The molecule has 0 aromatic rings. The van der Waals surface area contributed by atoms with E-state index in [-0.39, 0.29) is 12.0 Å². The summed E-state index contributed by atoms with van der Waals surface area (Å²) >= 11 is 0. The Morgan fingerprint density at radius 3 is 2.50 bits per heavy atom. The van der Waals surface area contributed by atoms with Crippen LogP contribution in [0.25, 0.3) is 0 Å². The molecule has 0 saturated carbocycles. The zero-order valence-electron chi connectivity index (χ0n) is 9.45. The van der Waals surface area contributed by atoms with E-state index in [2.05, 4.69) is 6.92 Å². The molecule has 3 heteroatoms. The molecule has 0 fully saturated rings. The van der Waals surface area contributed by atoms with Gasteiger partial charge in [0.25, 0.3) is 0 Å². The van der Waals surface area contributed by atoms with Crippen LogP contribution >= 0.6 is 0 Å². The van der Waals surface area contributed by atoms with E-state index in [1.54, 1.807) is 6.92 Å². The van der Waals surface area contributed by atoms with Crippen LogP contribution in [0.3, 0.4) is 0 Å². The third kappa shape index (κ3) is 5.97. The molecule has 84 valence electrons. The minimum atomic E-state index is -0.734. The Labute approximate surface area is 86.5 Å². The molecule has 0 amide bonds. The summed E-state index contributed by atoms with van der Waals surface area (Å²) in [4.78, 5) is 10.6. The SMILES string of the molecule is CCCCOC(CC)C[C@H](C)C(=O)O. The molecule has 0 spiro atoms. The largest absolute Gasteiger partial charge is 0.481 e. The number of unbranched alkanes of at least 4 members (excludes halogenated alkanes) is 1. The van der Waals surface area contributed by atoms with E-state index < -0.39 is 5.97 Å². The Hall–Kier alpha value is -0.570. The molecule has 3 nitrogen and oxygen atoms in total. The molecule has 1 unspecified atom stereocenters. The average molecular weight is 202 g/mol. The van der Waals surface area contributed by atoms with Gasteiger partial charge < -0.3 is 9.84 Å². The van der Waals surface area contributed by atoms with E-state index >= 15 is 0 Å². The van der Waals surface area contributed by atoms with Crippen LogP contribution in [-0.2, 0) is 9.53 Å². The standard InChI is InChI=1S/C11H22O3/c1-4-6-7-14-10(5-2)8-9(3)11(12)13/h9-10H,4-8H2,1-3H3,(H,12,13)/t9-,10?/m0/s1. The smallest absolute Gasteiger partial charge is 0.306 e. The average Bonchev–Trinajstić information content (AvgIpc) is 2.16. The minimum Gasteiger partial charge on any atom is -0.481 e. The summed E-state index contributed by atoms with van der Waals surface area (Å²) in [6, 6.07) is 0. The summed E-state index contributed by atoms with van der Waals surface area (Å²) in [5, 5.41) is 8.74. The molecule has 2 atom stereocenters. The summed E-state index contributed by atoms with van der Waals surface area (Å²) in [5.41, 5.74) is 0. The Balaban J connectivity index is 3.72. The van der Waals surface area contributed by atoms with E-state index in [0.29, 0.717) is 6.42 Å². The van der Waals surface area contributed by atoms with Crippen LogP contribution in [0, 0.1) is 5.92 Å². The molecular weight excluding hydrogens is 180 g/mol. The quantitative estimate of drug-likeness (QED) is 0.615. The second kappa shape index (κ2) is 7.80. The van der Waals surface area contributed by atoms with Gasteiger partial charge in [-0.15, -0.1) is 0 Å². The Kier molecular flexibility index (Phi) is 7.48. The number of carboxylic acids is 1. The number of rotatable bonds is 8. The van der Waals surface area contributed by atoms with Crippen LogP contribution in [-0.4, -0.2) is 23.8 Å². The van der Waals surface area contributed by atoms with Gasteiger partial charge in [-0.05, 0) is 19.3 Å². The highest BCUT2D eigenvalue weighted by molar-refractivity contribution is 5.69. The summed E-state index contributed by atoms with van der Waals surface area (Å²) in [7, 11) is 0. The lowest BCUT2D eigenvalue weighted by molar-refractivity contribution is -0.142. The van der Waals surface area contributed by atoms with Crippen molar-refractivity contribution in [2.24, 2.45) is 5.92 Å². The fourth-order valence-corrected chi connectivity index (χ4v) is 1.24. The molecule has 1 N–H and O–H groups in total. The van der Waals surface area contributed by atoms with Gasteiger partial charge in [0, 0.05) is 6.61 Å². The maximum atomic E-state index is 10.6. The number of aliphatic carboxylic acids is 1. The van der Waals surface area contributed by atoms with Gasteiger partial charge in [-0.1, -0.05) is 27.2 Å². The summed E-state index contributed by atoms with van der Waals surface area (Å²) < 4.78 is 5.59. The molecular formula is C11H22O3. The van der Waals surface area contributed by atoms with Crippen molar-refractivity contribution in [1.82, 2.24) is 0 Å². The Morgan fingerprint density at radius 2 is 2.07 bits per heavy atom. The van der Waals surface area contributed by atoms with Crippen molar-refractivity contribution in [1.29, 1.82) is 0 Å². The highest BCUT2D eigenvalue weighted by Crippen LogP contribution is 2.12. The van der Waals surface area contributed by atoms with Gasteiger partial charge in [0.2, 0.25) is 0 Å². The number of hydrogen-bond acceptors (Lipinski definition) is 2. The number of hydrogen-bond donors (Lipinski definition) is 1. The van der Waals surface area contributed by atoms with Gasteiger partial charge in [0.15, 0.2) is 0 Å². The molecule has 0 bridgehead atoms. The lowest BCUT2D eigenvalue weighted by Gasteiger charge is -2.17. The first-order valence-electron chi connectivity index (χ1n) is 5.46. The molecule has 0 radical (unpaired) electrons. The highest BCUT2D eigenvalue weighted by atomic mass is 16.5. The lowest BCUT2D eigenvalue weighted by atomic mass is 10.0. The van der Waals surface area contributed by atoms with Crippen molar-refractivity contribution in [3.8, 4) is 0 Å². The van der Waals surface area contributed by atoms with Crippen molar-refractivity contribution in [3.63, 3.8) is 0 Å². The van der Waals surface area contributed by atoms with Crippen LogP contribution in [0.15, 0.2) is 0 Å². The first kappa shape index (κ1) is 13.4. The van der Waals surface area contributed by atoms with Crippen molar-refractivity contribution in [2.45, 2.75) is 52.6 Å². The summed E-state index contributed by atoms with van der Waals surface area (Å²) in [6.07, 6.45) is 3.78. The molecule has 0 aliphatic rings. The topological polar surface area (TPSA) is 46.5 Å². The predicted octanol–water partition coefficient (Wildman–Crippen LogP) is 2.69. The number of carbonyl (C=O) groups is 1. The van der Waals surface area contributed by atoms with Gasteiger partial charge in [0.05, 0.1) is 12.0 Å². The third-order valence-electron chi connectivity index (χ3n) is 2.34. The highest BCUT2D eigenvalue weighted by Gasteiger charge is 2.17. The van der Waals surface area contributed by atoms with Crippen molar-refractivity contribution in [2.75, 3.05) is 6.61 Å². The first-order chi connectivity index (χ1) is 6.61. The van der Waals surface area contributed by atoms with Crippen LogP contribution in [0.4, 0.5) is 0 Å². The van der Waals surface area contributed by atoms with Crippen LogP contribution < -0.4 is 0 Å². The molecule has 0 heterocycles. The number of carboxylic acid groups (broad SMARTS) is 1. The van der Waals surface area contributed by atoms with Gasteiger partial charge in [-0.25, -0.2) is 0 Å².